The minimum atomic E-state index is -1.19. The molecule has 2 aromatic rings. The van der Waals surface area contributed by atoms with E-state index < -0.39 is 22.5 Å². The molecule has 7 nitrogen and oxygen atoms in total. The van der Waals surface area contributed by atoms with E-state index in [2.05, 4.69) is 0 Å². The van der Waals surface area contributed by atoms with Crippen molar-refractivity contribution < 1.29 is 14.8 Å². The van der Waals surface area contributed by atoms with Crippen LogP contribution in [0.1, 0.15) is 23.6 Å². The lowest BCUT2D eigenvalue weighted by molar-refractivity contribution is -0.385. The molecule has 0 amide bonds. The third-order valence-corrected chi connectivity index (χ3v) is 3.58. The molecule has 0 saturated heterocycles. The predicted octanol–water partition coefficient (Wildman–Crippen LogP) is 2.32. The molecular formula is C16H16N2O5. The number of nitrogens with zero attached hydrogens (tertiary/aromatic N) is 2. The second-order valence-corrected chi connectivity index (χ2v) is 5.27. The van der Waals surface area contributed by atoms with Gasteiger partial charge in [0, 0.05) is 12.1 Å². The molecule has 0 aliphatic rings. The summed E-state index contributed by atoms with van der Waals surface area (Å²) in [5, 5.41) is 20.2. The Bertz CT molecular complexity index is 780. The summed E-state index contributed by atoms with van der Waals surface area (Å²) in [6.07, 6.45) is 1.60. The molecule has 2 rings (SSSR count). The lowest BCUT2D eigenvalue weighted by Crippen LogP contribution is -2.29. The summed E-state index contributed by atoms with van der Waals surface area (Å²) in [7, 11) is 0. The van der Waals surface area contributed by atoms with E-state index in [1.807, 2.05) is 31.2 Å². The van der Waals surface area contributed by atoms with Gasteiger partial charge in [0.1, 0.15) is 6.04 Å². The molecule has 1 atom stereocenters. The van der Waals surface area contributed by atoms with Crippen molar-refractivity contribution in [3.8, 4) is 0 Å². The van der Waals surface area contributed by atoms with Gasteiger partial charge in [-0.2, -0.15) is 0 Å². The number of pyridine rings is 1. The Labute approximate surface area is 132 Å². The lowest BCUT2D eigenvalue weighted by Gasteiger charge is -2.15. The zero-order valence-electron chi connectivity index (χ0n) is 12.5. The van der Waals surface area contributed by atoms with Gasteiger partial charge in [0.2, 0.25) is 0 Å². The number of carbonyl (C=O) groups is 1. The number of carboxylic acid groups (broad SMARTS) is 1. The standard InChI is InChI=1S/C16H16N2O5/c1-11-2-4-12(5-3-11)6-8-14(16(20)21)17-10-13(18(22)23)7-9-15(17)19/h2-5,7,9-10,14H,6,8H2,1H3,(H,20,21). The van der Waals surface area contributed by atoms with Crippen molar-refractivity contribution >= 4 is 11.7 Å². The number of nitro groups is 1. The molecule has 1 aromatic heterocycles. The molecule has 23 heavy (non-hydrogen) atoms. The van der Waals surface area contributed by atoms with Crippen LogP contribution in [0, 0.1) is 17.0 Å². The summed E-state index contributed by atoms with van der Waals surface area (Å²) in [5.74, 6) is -1.19. The fourth-order valence-electron chi connectivity index (χ4n) is 2.28. The smallest absolute Gasteiger partial charge is 0.326 e. The van der Waals surface area contributed by atoms with Crippen LogP contribution in [0.2, 0.25) is 0 Å². The Morgan fingerprint density at radius 2 is 1.91 bits per heavy atom. The molecule has 0 aliphatic heterocycles. The number of rotatable bonds is 6. The van der Waals surface area contributed by atoms with Gasteiger partial charge >= 0.3 is 5.97 Å². The third kappa shape index (κ3) is 4.03. The van der Waals surface area contributed by atoms with Crippen LogP contribution >= 0.6 is 0 Å². The van der Waals surface area contributed by atoms with Crippen molar-refractivity contribution in [1.82, 2.24) is 4.57 Å². The van der Waals surface area contributed by atoms with Crippen molar-refractivity contribution in [2.24, 2.45) is 0 Å². The van der Waals surface area contributed by atoms with Crippen LogP contribution in [0.4, 0.5) is 5.69 Å². The topological polar surface area (TPSA) is 102 Å². The molecule has 7 heteroatoms. The Morgan fingerprint density at radius 3 is 2.48 bits per heavy atom. The van der Waals surface area contributed by atoms with Gasteiger partial charge in [0.25, 0.3) is 11.2 Å². The van der Waals surface area contributed by atoms with Crippen molar-refractivity contribution in [2.45, 2.75) is 25.8 Å². The van der Waals surface area contributed by atoms with Crippen LogP contribution in [0.25, 0.3) is 0 Å². The SMILES string of the molecule is Cc1ccc(CCC(C(=O)O)n2cc([N+](=O)[O-])ccc2=O)cc1. The molecule has 0 fully saturated rings. The quantitative estimate of drug-likeness (QED) is 0.651. The van der Waals surface area contributed by atoms with Gasteiger partial charge in [-0.1, -0.05) is 29.8 Å². The highest BCUT2D eigenvalue weighted by Gasteiger charge is 2.22. The Balaban J connectivity index is 2.26. The number of aliphatic carboxylic acids is 1. The maximum atomic E-state index is 11.9. The van der Waals surface area contributed by atoms with Crippen LogP contribution in [0.3, 0.4) is 0 Å². The maximum Gasteiger partial charge on any atom is 0.326 e. The lowest BCUT2D eigenvalue weighted by atomic mass is 10.0. The maximum absolute atomic E-state index is 11.9. The minimum Gasteiger partial charge on any atom is -0.480 e. The molecular weight excluding hydrogens is 300 g/mol. The average Bonchev–Trinajstić information content (AvgIpc) is 2.50. The zero-order chi connectivity index (χ0) is 17.0. The molecule has 1 N–H and O–H groups in total. The summed E-state index contributed by atoms with van der Waals surface area (Å²) in [5.41, 5.74) is 1.15. The normalized spacial score (nSPS) is 11.9. The Kier molecular flexibility index (Phi) is 4.90. The third-order valence-electron chi connectivity index (χ3n) is 3.58. The summed E-state index contributed by atoms with van der Waals surface area (Å²) in [6.45, 7) is 1.95. The van der Waals surface area contributed by atoms with Gasteiger partial charge in [-0.3, -0.25) is 19.5 Å². The fraction of sp³-hybridized carbons (Fsp3) is 0.250. The molecule has 120 valence electrons. The molecule has 1 aromatic carbocycles. The van der Waals surface area contributed by atoms with Crippen LogP contribution in [0.15, 0.2) is 47.4 Å². The summed E-state index contributed by atoms with van der Waals surface area (Å²) >= 11 is 0. The summed E-state index contributed by atoms with van der Waals surface area (Å²) in [4.78, 5) is 33.5. The van der Waals surface area contributed by atoms with E-state index in [1.54, 1.807) is 0 Å². The van der Waals surface area contributed by atoms with Crippen molar-refractivity contribution in [1.29, 1.82) is 0 Å². The Hall–Kier alpha value is -2.96. The van der Waals surface area contributed by atoms with E-state index in [1.165, 1.54) is 0 Å². The first kappa shape index (κ1) is 16.4. The zero-order valence-corrected chi connectivity index (χ0v) is 12.5. The van der Waals surface area contributed by atoms with E-state index in [0.29, 0.717) is 6.42 Å². The van der Waals surface area contributed by atoms with E-state index in [-0.39, 0.29) is 12.1 Å². The van der Waals surface area contributed by atoms with Crippen LogP contribution in [-0.2, 0) is 11.2 Å². The first-order valence-corrected chi connectivity index (χ1v) is 7.03. The molecule has 0 spiro atoms. The van der Waals surface area contributed by atoms with Crippen LogP contribution < -0.4 is 5.56 Å². The predicted molar refractivity (Wildman–Crippen MR) is 83.5 cm³/mol. The number of hydrogen-bond donors (Lipinski definition) is 1. The van der Waals surface area contributed by atoms with Gasteiger partial charge in [0.05, 0.1) is 11.1 Å². The number of aromatic nitrogens is 1. The first-order chi connectivity index (χ1) is 10.9. The van der Waals surface area contributed by atoms with Gasteiger partial charge in [-0.25, -0.2) is 4.79 Å². The minimum absolute atomic E-state index is 0.166. The highest BCUT2D eigenvalue weighted by atomic mass is 16.6. The second kappa shape index (κ2) is 6.87. The molecule has 1 heterocycles. The van der Waals surface area contributed by atoms with E-state index in [0.717, 1.165) is 34.0 Å². The molecule has 0 bridgehead atoms. The second-order valence-electron chi connectivity index (χ2n) is 5.27. The highest BCUT2D eigenvalue weighted by molar-refractivity contribution is 5.72. The number of carboxylic acids is 1. The van der Waals surface area contributed by atoms with E-state index in [9.17, 15) is 24.8 Å². The summed E-state index contributed by atoms with van der Waals surface area (Å²) in [6, 6.07) is 8.56. The number of hydrogen-bond acceptors (Lipinski definition) is 4. The van der Waals surface area contributed by atoms with E-state index >= 15 is 0 Å². The van der Waals surface area contributed by atoms with Crippen molar-refractivity contribution in [3.05, 3.63) is 74.2 Å². The fourth-order valence-corrected chi connectivity index (χ4v) is 2.28. The van der Waals surface area contributed by atoms with Gasteiger partial charge in [-0.05, 0) is 25.3 Å². The largest absolute Gasteiger partial charge is 0.480 e. The van der Waals surface area contributed by atoms with Crippen molar-refractivity contribution in [3.63, 3.8) is 0 Å². The highest BCUT2D eigenvalue weighted by Crippen LogP contribution is 2.17. The van der Waals surface area contributed by atoms with Crippen LogP contribution in [-0.4, -0.2) is 20.6 Å². The molecule has 1 unspecified atom stereocenters. The van der Waals surface area contributed by atoms with Gasteiger partial charge < -0.3 is 5.11 Å². The molecule has 0 radical (unpaired) electrons. The van der Waals surface area contributed by atoms with Crippen LogP contribution in [0.5, 0.6) is 0 Å². The Morgan fingerprint density at radius 1 is 1.26 bits per heavy atom. The van der Waals surface area contributed by atoms with Crippen molar-refractivity contribution in [2.75, 3.05) is 0 Å². The van der Waals surface area contributed by atoms with E-state index in [4.69, 9.17) is 0 Å². The van der Waals surface area contributed by atoms with Gasteiger partial charge in [0.15, 0.2) is 0 Å². The molecule has 0 saturated carbocycles. The monoisotopic (exact) mass is 316 g/mol. The average molecular weight is 316 g/mol. The first-order valence-electron chi connectivity index (χ1n) is 7.03. The number of aryl methyl sites for hydroxylation is 2. The molecule has 0 aliphatic carbocycles. The van der Waals surface area contributed by atoms with Gasteiger partial charge in [-0.15, -0.1) is 0 Å². The summed E-state index contributed by atoms with van der Waals surface area (Å²) < 4.78 is 0.911. The number of benzene rings is 1.